The summed E-state index contributed by atoms with van der Waals surface area (Å²) in [7, 11) is -7.43. The van der Waals surface area contributed by atoms with E-state index in [9.17, 15) is 21.6 Å². The third-order valence-corrected chi connectivity index (χ3v) is 10.2. The minimum Gasteiger partial charge on any atom is -0.326 e. The van der Waals surface area contributed by atoms with Gasteiger partial charge in [0.2, 0.25) is 11.9 Å². The smallest absolute Gasteiger partial charge is 0.264 e. The average Bonchev–Trinajstić information content (AvgIpc) is 3.34. The topological polar surface area (TPSA) is 138 Å². The van der Waals surface area contributed by atoms with E-state index in [4.69, 9.17) is 0 Å². The minimum atomic E-state index is -3.90. The number of benzene rings is 1. The molecule has 0 aliphatic carbocycles. The molecule has 1 saturated heterocycles. The Balaban J connectivity index is 1.35. The number of amides is 1. The van der Waals surface area contributed by atoms with Crippen LogP contribution in [0.2, 0.25) is 0 Å². The summed E-state index contributed by atoms with van der Waals surface area (Å²) in [5.74, 6) is -0.570. The SMILES string of the molecule is Cc1cc(C)nc(NS(=O)(=O)c2ccc(NC(=O)C3CCN(S(=O)(=O)c4cccs4)CC3)cc2)n1. The number of aromatic nitrogens is 2. The van der Waals surface area contributed by atoms with Gasteiger partial charge in [-0.25, -0.2) is 31.5 Å². The van der Waals surface area contributed by atoms with Gasteiger partial charge in [-0.05, 0) is 68.5 Å². The van der Waals surface area contributed by atoms with E-state index in [1.165, 1.54) is 39.9 Å². The van der Waals surface area contributed by atoms with Crippen molar-refractivity contribution in [2.24, 2.45) is 5.92 Å². The zero-order chi connectivity index (χ0) is 25.2. The van der Waals surface area contributed by atoms with Crippen LogP contribution in [0.3, 0.4) is 0 Å². The van der Waals surface area contributed by atoms with Crippen molar-refractivity contribution in [3.8, 4) is 0 Å². The lowest BCUT2D eigenvalue weighted by Crippen LogP contribution is -2.41. The van der Waals surface area contributed by atoms with Crippen molar-refractivity contribution in [1.82, 2.24) is 14.3 Å². The molecule has 10 nitrogen and oxygen atoms in total. The number of hydrogen-bond donors (Lipinski definition) is 2. The number of nitrogens with one attached hydrogen (secondary N) is 2. The molecule has 0 atom stereocenters. The molecule has 0 unspecified atom stereocenters. The summed E-state index contributed by atoms with van der Waals surface area (Å²) in [6, 6.07) is 10.8. The highest BCUT2D eigenvalue weighted by Crippen LogP contribution is 2.27. The fourth-order valence-corrected chi connectivity index (χ4v) is 7.37. The lowest BCUT2D eigenvalue weighted by Gasteiger charge is -2.30. The average molecular weight is 536 g/mol. The van der Waals surface area contributed by atoms with Gasteiger partial charge in [-0.2, -0.15) is 4.31 Å². The van der Waals surface area contributed by atoms with E-state index in [1.54, 1.807) is 37.4 Å². The summed E-state index contributed by atoms with van der Waals surface area (Å²) in [5, 5.41) is 4.51. The number of rotatable bonds is 7. The molecule has 4 rings (SSSR count). The molecule has 3 heterocycles. The van der Waals surface area contributed by atoms with E-state index in [1.807, 2.05) is 0 Å². The van der Waals surface area contributed by atoms with Crippen molar-refractivity contribution in [3.05, 3.63) is 59.2 Å². The lowest BCUT2D eigenvalue weighted by molar-refractivity contribution is -0.120. The first-order chi connectivity index (χ1) is 16.5. The zero-order valence-electron chi connectivity index (χ0n) is 19.1. The first-order valence-electron chi connectivity index (χ1n) is 10.8. The Morgan fingerprint density at radius 3 is 2.20 bits per heavy atom. The molecule has 3 aromatic rings. The van der Waals surface area contributed by atoms with Crippen LogP contribution in [0, 0.1) is 19.8 Å². The van der Waals surface area contributed by atoms with E-state index in [2.05, 4.69) is 20.0 Å². The number of thiophene rings is 1. The Hall–Kier alpha value is -2.87. The molecule has 1 amide bonds. The van der Waals surface area contributed by atoms with Crippen LogP contribution >= 0.6 is 11.3 Å². The second-order valence-corrected chi connectivity index (χ2v) is 13.0. The first kappa shape index (κ1) is 25.2. The molecule has 0 spiro atoms. The Bertz CT molecular complexity index is 1390. The quantitative estimate of drug-likeness (QED) is 0.474. The third-order valence-electron chi connectivity index (χ3n) is 5.55. The number of hydrogen-bond acceptors (Lipinski definition) is 8. The van der Waals surface area contributed by atoms with Crippen molar-refractivity contribution in [1.29, 1.82) is 0 Å². The summed E-state index contributed by atoms with van der Waals surface area (Å²) in [5.41, 5.74) is 1.73. The Morgan fingerprint density at radius 2 is 1.63 bits per heavy atom. The molecule has 1 aliphatic heterocycles. The molecule has 1 aliphatic rings. The number of anilines is 2. The molecule has 1 fully saturated rings. The van der Waals surface area contributed by atoms with E-state index in [0.29, 0.717) is 34.1 Å². The molecule has 0 radical (unpaired) electrons. The van der Waals surface area contributed by atoms with Crippen LogP contribution in [0.25, 0.3) is 0 Å². The van der Waals surface area contributed by atoms with Crippen molar-refractivity contribution in [2.75, 3.05) is 23.1 Å². The number of carbonyl (C=O) groups excluding carboxylic acids is 1. The highest BCUT2D eigenvalue weighted by molar-refractivity contribution is 7.92. The first-order valence-corrected chi connectivity index (χ1v) is 14.6. The number of aryl methyl sites for hydroxylation is 2. The van der Waals surface area contributed by atoms with Gasteiger partial charge in [-0.15, -0.1) is 11.3 Å². The fraction of sp³-hybridized carbons (Fsp3) is 0.318. The number of nitrogens with zero attached hydrogens (tertiary/aromatic N) is 3. The molecule has 2 aromatic heterocycles. The van der Waals surface area contributed by atoms with Crippen LogP contribution in [0.1, 0.15) is 24.2 Å². The zero-order valence-corrected chi connectivity index (χ0v) is 21.6. The van der Waals surface area contributed by atoms with Gasteiger partial charge in [0.25, 0.3) is 20.0 Å². The van der Waals surface area contributed by atoms with E-state index < -0.39 is 20.0 Å². The van der Waals surface area contributed by atoms with Crippen molar-refractivity contribution >= 4 is 48.9 Å². The monoisotopic (exact) mass is 535 g/mol. The number of sulfonamides is 2. The van der Waals surface area contributed by atoms with Gasteiger partial charge in [0, 0.05) is 36.1 Å². The van der Waals surface area contributed by atoms with Gasteiger partial charge < -0.3 is 5.32 Å². The van der Waals surface area contributed by atoms with E-state index >= 15 is 0 Å². The Morgan fingerprint density at radius 1 is 1.00 bits per heavy atom. The van der Waals surface area contributed by atoms with E-state index in [0.717, 1.165) is 0 Å². The summed E-state index contributed by atoms with van der Waals surface area (Å²) < 4.78 is 54.7. The maximum absolute atomic E-state index is 12.7. The maximum atomic E-state index is 12.7. The summed E-state index contributed by atoms with van der Waals surface area (Å²) in [6.45, 7) is 4.02. The second kappa shape index (κ2) is 10.0. The van der Waals surface area contributed by atoms with Gasteiger partial charge in [0.1, 0.15) is 4.21 Å². The number of carbonyl (C=O) groups is 1. The van der Waals surface area contributed by atoms with Crippen LogP contribution < -0.4 is 10.0 Å². The van der Waals surface area contributed by atoms with E-state index in [-0.39, 0.29) is 35.8 Å². The van der Waals surface area contributed by atoms with Crippen molar-refractivity contribution in [3.63, 3.8) is 0 Å². The lowest BCUT2D eigenvalue weighted by atomic mass is 9.97. The van der Waals surface area contributed by atoms with Crippen LogP contribution in [0.15, 0.2) is 56.9 Å². The van der Waals surface area contributed by atoms with Gasteiger partial charge in [0.15, 0.2) is 0 Å². The number of piperidine rings is 1. The van der Waals surface area contributed by atoms with Crippen LogP contribution in [0.5, 0.6) is 0 Å². The summed E-state index contributed by atoms with van der Waals surface area (Å²) in [4.78, 5) is 20.9. The summed E-state index contributed by atoms with van der Waals surface area (Å²) >= 11 is 1.17. The standard InChI is InChI=1S/C22H25N5O5S3/c1-15-14-16(2)24-22(23-15)26-34(29,30)19-7-5-18(6-8-19)25-21(28)17-9-11-27(12-10-17)35(31,32)20-4-3-13-33-20/h3-8,13-14,17H,9-12H2,1-2H3,(H,25,28)(H,23,24,26). The molecule has 35 heavy (non-hydrogen) atoms. The Labute approximate surface area is 208 Å². The van der Waals surface area contributed by atoms with Gasteiger partial charge in [-0.1, -0.05) is 6.07 Å². The fourth-order valence-electron chi connectivity index (χ4n) is 3.81. The minimum absolute atomic E-state index is 0.00495. The largest absolute Gasteiger partial charge is 0.326 e. The highest BCUT2D eigenvalue weighted by atomic mass is 32.2. The predicted octanol–water partition coefficient (Wildman–Crippen LogP) is 3.00. The molecule has 2 N–H and O–H groups in total. The van der Waals surface area contributed by atoms with Crippen LogP contribution in [-0.4, -0.2) is 50.1 Å². The molecular formula is C22H25N5O5S3. The Kier molecular flexibility index (Phi) is 7.22. The normalized spacial score (nSPS) is 15.6. The molecule has 1 aromatic carbocycles. The molecule has 13 heteroatoms. The molecule has 186 valence electrons. The second-order valence-electron chi connectivity index (χ2n) is 8.20. The van der Waals surface area contributed by atoms with Gasteiger partial charge in [0.05, 0.1) is 4.90 Å². The summed E-state index contributed by atoms with van der Waals surface area (Å²) in [6.07, 6.45) is 0.811. The van der Waals surface area contributed by atoms with Crippen molar-refractivity contribution < 1.29 is 21.6 Å². The van der Waals surface area contributed by atoms with Crippen LogP contribution in [-0.2, 0) is 24.8 Å². The highest BCUT2D eigenvalue weighted by Gasteiger charge is 2.32. The van der Waals surface area contributed by atoms with Crippen molar-refractivity contribution in [2.45, 2.75) is 35.8 Å². The molecule has 0 saturated carbocycles. The van der Waals surface area contributed by atoms with Crippen LogP contribution in [0.4, 0.5) is 11.6 Å². The third kappa shape index (κ3) is 5.86. The van der Waals surface area contributed by atoms with Gasteiger partial charge >= 0.3 is 0 Å². The molecule has 0 bridgehead atoms. The maximum Gasteiger partial charge on any atom is 0.264 e. The predicted molar refractivity (Wildman–Crippen MR) is 133 cm³/mol. The molecular weight excluding hydrogens is 510 g/mol. The van der Waals surface area contributed by atoms with Gasteiger partial charge in [-0.3, -0.25) is 4.79 Å².